The van der Waals surface area contributed by atoms with Crippen molar-refractivity contribution in [1.82, 2.24) is 0 Å². The molecule has 0 amide bonds. The predicted octanol–water partition coefficient (Wildman–Crippen LogP) is 2.25. The van der Waals surface area contributed by atoms with Crippen molar-refractivity contribution in [3.63, 3.8) is 0 Å². The molecular formula is C12H19N2+. The van der Waals surface area contributed by atoms with Gasteiger partial charge in [0.2, 0.25) is 0 Å². The van der Waals surface area contributed by atoms with Crippen LogP contribution in [0, 0.1) is 0 Å². The third-order valence-corrected chi connectivity index (χ3v) is 2.97. The topological polar surface area (TPSA) is 12.0 Å². The second kappa shape index (κ2) is 2.99. The molecule has 1 heterocycles. The summed E-state index contributed by atoms with van der Waals surface area (Å²) in [5, 5.41) is 3.54. The molecule has 0 bridgehead atoms. The fraction of sp³-hybridized carbons (Fsp3) is 0.500. The van der Waals surface area contributed by atoms with Gasteiger partial charge in [0.1, 0.15) is 6.04 Å². The molecule has 2 atom stereocenters. The molecule has 0 aliphatic carbocycles. The first kappa shape index (κ1) is 9.53. The molecule has 1 aliphatic heterocycles. The van der Waals surface area contributed by atoms with Crippen LogP contribution in [0.25, 0.3) is 0 Å². The fourth-order valence-corrected chi connectivity index (χ4v) is 2.57. The number of para-hydroxylation sites is 1. The van der Waals surface area contributed by atoms with Crippen LogP contribution in [-0.4, -0.2) is 31.7 Å². The van der Waals surface area contributed by atoms with Gasteiger partial charge in [-0.3, -0.25) is 0 Å². The molecule has 0 saturated carbocycles. The van der Waals surface area contributed by atoms with Crippen LogP contribution in [0.15, 0.2) is 24.3 Å². The lowest BCUT2D eigenvalue weighted by Gasteiger charge is -2.34. The van der Waals surface area contributed by atoms with Crippen LogP contribution in [0.1, 0.15) is 18.5 Å². The molecule has 2 rings (SSSR count). The van der Waals surface area contributed by atoms with Crippen molar-refractivity contribution in [2.24, 2.45) is 0 Å². The second-order valence-electron chi connectivity index (χ2n) is 5.08. The van der Waals surface area contributed by atoms with Crippen LogP contribution in [0.5, 0.6) is 0 Å². The number of anilines is 1. The molecule has 2 heteroatoms. The SMILES string of the molecule is CC1Nc2ccccc2C1[N+](C)(C)C. The molecule has 0 saturated heterocycles. The van der Waals surface area contributed by atoms with Gasteiger partial charge >= 0.3 is 0 Å². The molecule has 0 aromatic heterocycles. The number of nitrogens with zero attached hydrogens (tertiary/aromatic N) is 1. The van der Waals surface area contributed by atoms with Gasteiger partial charge in [0.15, 0.2) is 0 Å². The summed E-state index contributed by atoms with van der Waals surface area (Å²) in [4.78, 5) is 0. The van der Waals surface area contributed by atoms with E-state index >= 15 is 0 Å². The maximum Gasteiger partial charge on any atom is 0.136 e. The first-order chi connectivity index (χ1) is 6.50. The van der Waals surface area contributed by atoms with Gasteiger partial charge in [0, 0.05) is 11.3 Å². The highest BCUT2D eigenvalue weighted by Crippen LogP contribution is 2.39. The largest absolute Gasteiger partial charge is 0.376 e. The summed E-state index contributed by atoms with van der Waals surface area (Å²) in [6.45, 7) is 2.26. The van der Waals surface area contributed by atoms with E-state index < -0.39 is 0 Å². The van der Waals surface area contributed by atoms with E-state index in [0.29, 0.717) is 12.1 Å². The quantitative estimate of drug-likeness (QED) is 0.671. The first-order valence-electron chi connectivity index (χ1n) is 5.17. The highest BCUT2D eigenvalue weighted by molar-refractivity contribution is 5.58. The van der Waals surface area contributed by atoms with Crippen LogP contribution >= 0.6 is 0 Å². The number of quaternary nitrogens is 1. The first-order valence-corrected chi connectivity index (χ1v) is 5.17. The van der Waals surface area contributed by atoms with Gasteiger partial charge in [0.25, 0.3) is 0 Å². The van der Waals surface area contributed by atoms with Crippen LogP contribution in [0.2, 0.25) is 0 Å². The molecule has 1 N–H and O–H groups in total. The second-order valence-corrected chi connectivity index (χ2v) is 5.08. The van der Waals surface area contributed by atoms with Crippen molar-refractivity contribution in [3.05, 3.63) is 29.8 Å². The Morgan fingerprint density at radius 1 is 1.14 bits per heavy atom. The Balaban J connectivity index is 2.45. The molecule has 0 spiro atoms. The van der Waals surface area contributed by atoms with Crippen LogP contribution in [0.4, 0.5) is 5.69 Å². The number of fused-ring (bicyclic) bond motifs is 1. The summed E-state index contributed by atoms with van der Waals surface area (Å²) in [7, 11) is 6.76. The third-order valence-electron chi connectivity index (χ3n) is 2.97. The van der Waals surface area contributed by atoms with Crippen molar-refractivity contribution < 1.29 is 4.48 Å². The van der Waals surface area contributed by atoms with E-state index in [4.69, 9.17) is 0 Å². The van der Waals surface area contributed by atoms with E-state index in [0.717, 1.165) is 4.48 Å². The minimum absolute atomic E-state index is 0.521. The van der Waals surface area contributed by atoms with Crippen molar-refractivity contribution >= 4 is 5.69 Å². The summed E-state index contributed by atoms with van der Waals surface area (Å²) in [5.74, 6) is 0. The van der Waals surface area contributed by atoms with Gasteiger partial charge in [-0.15, -0.1) is 0 Å². The average Bonchev–Trinajstić information content (AvgIpc) is 2.38. The number of hydrogen-bond acceptors (Lipinski definition) is 1. The lowest BCUT2D eigenvalue weighted by atomic mass is 10.0. The Morgan fingerprint density at radius 2 is 1.79 bits per heavy atom. The third kappa shape index (κ3) is 1.40. The van der Waals surface area contributed by atoms with Gasteiger partial charge in [-0.05, 0) is 13.0 Å². The van der Waals surface area contributed by atoms with Gasteiger partial charge < -0.3 is 9.80 Å². The van der Waals surface area contributed by atoms with E-state index in [2.05, 4.69) is 57.6 Å². The maximum atomic E-state index is 3.54. The smallest absolute Gasteiger partial charge is 0.136 e. The van der Waals surface area contributed by atoms with E-state index in [-0.39, 0.29) is 0 Å². The fourth-order valence-electron chi connectivity index (χ4n) is 2.57. The maximum absolute atomic E-state index is 3.54. The molecule has 0 fully saturated rings. The Bertz CT molecular complexity index is 338. The average molecular weight is 191 g/mol. The van der Waals surface area contributed by atoms with Crippen LogP contribution in [-0.2, 0) is 0 Å². The zero-order valence-corrected chi connectivity index (χ0v) is 9.41. The zero-order chi connectivity index (χ0) is 10.3. The zero-order valence-electron chi connectivity index (χ0n) is 9.41. The van der Waals surface area contributed by atoms with Crippen LogP contribution in [0.3, 0.4) is 0 Å². The summed E-state index contributed by atoms with van der Waals surface area (Å²) in [6.07, 6.45) is 0. The minimum atomic E-state index is 0.521. The standard InChI is InChI=1S/C12H19N2/c1-9-12(14(2,3)4)10-7-5-6-8-11(10)13-9/h5-9,12-13H,1-4H3/q+1. The van der Waals surface area contributed by atoms with E-state index in [1.165, 1.54) is 11.3 Å². The Labute approximate surface area is 86.1 Å². The van der Waals surface area contributed by atoms with Gasteiger partial charge in [-0.25, -0.2) is 0 Å². The minimum Gasteiger partial charge on any atom is -0.376 e. The van der Waals surface area contributed by atoms with Gasteiger partial charge in [-0.2, -0.15) is 0 Å². The number of rotatable bonds is 1. The van der Waals surface area contributed by atoms with Crippen molar-refractivity contribution in [2.45, 2.75) is 19.0 Å². The highest BCUT2D eigenvalue weighted by atomic mass is 15.3. The van der Waals surface area contributed by atoms with E-state index in [9.17, 15) is 0 Å². The van der Waals surface area contributed by atoms with Gasteiger partial charge in [0.05, 0.1) is 27.2 Å². The number of likely N-dealkylation sites (N-methyl/N-ethyl adjacent to an activating group) is 1. The number of nitrogens with one attached hydrogen (secondary N) is 1. The molecule has 76 valence electrons. The van der Waals surface area contributed by atoms with E-state index in [1.54, 1.807) is 0 Å². The molecule has 0 radical (unpaired) electrons. The summed E-state index contributed by atoms with van der Waals surface area (Å²) in [5.41, 5.74) is 2.76. The molecule has 1 aliphatic rings. The molecule has 2 nitrogen and oxygen atoms in total. The summed E-state index contributed by atoms with van der Waals surface area (Å²) in [6, 6.07) is 9.71. The number of benzene rings is 1. The van der Waals surface area contributed by atoms with Crippen molar-refractivity contribution in [2.75, 3.05) is 26.5 Å². The predicted molar refractivity (Wildman–Crippen MR) is 60.3 cm³/mol. The molecule has 1 aromatic rings. The Hall–Kier alpha value is -1.02. The van der Waals surface area contributed by atoms with Crippen LogP contribution < -0.4 is 5.32 Å². The Morgan fingerprint density at radius 3 is 2.43 bits per heavy atom. The highest BCUT2D eigenvalue weighted by Gasteiger charge is 2.38. The lowest BCUT2D eigenvalue weighted by Crippen LogP contribution is -2.43. The summed E-state index contributed by atoms with van der Waals surface area (Å²) < 4.78 is 0.977. The lowest BCUT2D eigenvalue weighted by molar-refractivity contribution is -0.902. The molecular weight excluding hydrogens is 172 g/mol. The van der Waals surface area contributed by atoms with E-state index in [1.807, 2.05) is 0 Å². The summed E-state index contributed by atoms with van der Waals surface area (Å²) >= 11 is 0. The normalized spacial score (nSPS) is 25.7. The molecule has 14 heavy (non-hydrogen) atoms. The number of hydrogen-bond donors (Lipinski definition) is 1. The molecule has 1 aromatic carbocycles. The molecule has 2 unspecified atom stereocenters. The van der Waals surface area contributed by atoms with Crippen molar-refractivity contribution in [3.8, 4) is 0 Å². The van der Waals surface area contributed by atoms with Crippen molar-refractivity contribution in [1.29, 1.82) is 0 Å². The monoisotopic (exact) mass is 191 g/mol. The van der Waals surface area contributed by atoms with Gasteiger partial charge in [-0.1, -0.05) is 18.2 Å². The Kier molecular flexibility index (Phi) is 2.04.